The first-order valence-corrected chi connectivity index (χ1v) is 6.93. The Morgan fingerprint density at radius 2 is 1.90 bits per heavy atom. The second-order valence-corrected chi connectivity index (χ2v) is 5.33. The van der Waals surface area contributed by atoms with Gasteiger partial charge in [0.25, 0.3) is 5.89 Å². The molecule has 0 spiro atoms. The van der Waals surface area contributed by atoms with E-state index in [2.05, 4.69) is 10.1 Å². The first-order chi connectivity index (χ1) is 10.1. The van der Waals surface area contributed by atoms with E-state index in [1.165, 1.54) is 0 Å². The largest absolute Gasteiger partial charge is 0.399 e. The predicted octanol–water partition coefficient (Wildman–Crippen LogP) is 3.87. The number of aryl methyl sites for hydroxylation is 1. The summed E-state index contributed by atoms with van der Waals surface area (Å²) < 4.78 is 5.34. The van der Waals surface area contributed by atoms with Crippen LogP contribution in [0.4, 0.5) is 5.69 Å². The summed E-state index contributed by atoms with van der Waals surface area (Å²) in [7, 11) is 0. The SMILES string of the molecule is Cc1ccc(N)cc1-c1nc(Cc2ccc(Cl)cc2)no1. The van der Waals surface area contributed by atoms with E-state index < -0.39 is 0 Å². The van der Waals surface area contributed by atoms with Crippen molar-refractivity contribution in [3.05, 3.63) is 64.4 Å². The van der Waals surface area contributed by atoms with E-state index in [4.69, 9.17) is 21.9 Å². The quantitative estimate of drug-likeness (QED) is 0.746. The molecule has 1 aromatic heterocycles. The maximum atomic E-state index is 5.87. The van der Waals surface area contributed by atoms with Crippen molar-refractivity contribution in [2.45, 2.75) is 13.3 Å². The van der Waals surface area contributed by atoms with Gasteiger partial charge >= 0.3 is 0 Å². The molecule has 0 fully saturated rings. The zero-order valence-electron chi connectivity index (χ0n) is 11.5. The molecule has 0 bridgehead atoms. The number of anilines is 1. The highest BCUT2D eigenvalue weighted by Crippen LogP contribution is 2.24. The molecule has 0 aliphatic rings. The zero-order valence-corrected chi connectivity index (χ0v) is 12.3. The molecule has 0 aliphatic carbocycles. The average molecular weight is 300 g/mol. The van der Waals surface area contributed by atoms with Crippen molar-refractivity contribution in [1.82, 2.24) is 10.1 Å². The Balaban J connectivity index is 1.86. The van der Waals surface area contributed by atoms with Gasteiger partial charge in [-0.2, -0.15) is 4.98 Å². The first-order valence-electron chi connectivity index (χ1n) is 6.55. The smallest absolute Gasteiger partial charge is 0.258 e. The summed E-state index contributed by atoms with van der Waals surface area (Å²) in [4.78, 5) is 4.43. The molecule has 4 nitrogen and oxygen atoms in total. The molecule has 0 atom stereocenters. The summed E-state index contributed by atoms with van der Waals surface area (Å²) in [5, 5.41) is 4.73. The molecule has 0 unspecified atom stereocenters. The van der Waals surface area contributed by atoms with Crippen molar-refractivity contribution in [2.75, 3.05) is 5.73 Å². The van der Waals surface area contributed by atoms with E-state index in [1.54, 1.807) is 0 Å². The van der Waals surface area contributed by atoms with Gasteiger partial charge in [-0.25, -0.2) is 0 Å². The number of aromatic nitrogens is 2. The molecular weight excluding hydrogens is 286 g/mol. The van der Waals surface area contributed by atoms with Crippen molar-refractivity contribution < 1.29 is 4.52 Å². The summed E-state index contributed by atoms with van der Waals surface area (Å²) in [5.74, 6) is 1.12. The van der Waals surface area contributed by atoms with Crippen LogP contribution < -0.4 is 5.73 Å². The summed E-state index contributed by atoms with van der Waals surface area (Å²) in [6, 6.07) is 13.2. The summed E-state index contributed by atoms with van der Waals surface area (Å²) in [6.07, 6.45) is 0.599. The van der Waals surface area contributed by atoms with E-state index in [9.17, 15) is 0 Å². The minimum Gasteiger partial charge on any atom is -0.399 e. The highest BCUT2D eigenvalue weighted by atomic mass is 35.5. The Morgan fingerprint density at radius 3 is 2.67 bits per heavy atom. The Morgan fingerprint density at radius 1 is 1.14 bits per heavy atom. The van der Waals surface area contributed by atoms with Crippen molar-refractivity contribution in [3.8, 4) is 11.5 Å². The van der Waals surface area contributed by atoms with E-state index >= 15 is 0 Å². The number of nitrogen functional groups attached to an aromatic ring is 1. The van der Waals surface area contributed by atoms with Crippen LogP contribution in [0.3, 0.4) is 0 Å². The number of nitrogens with zero attached hydrogens (tertiary/aromatic N) is 2. The second kappa shape index (κ2) is 5.58. The van der Waals surface area contributed by atoms with Crippen LogP contribution >= 0.6 is 11.6 Å². The lowest BCUT2D eigenvalue weighted by Gasteiger charge is -2.01. The normalized spacial score (nSPS) is 10.8. The second-order valence-electron chi connectivity index (χ2n) is 4.89. The third-order valence-corrected chi connectivity index (χ3v) is 3.49. The lowest BCUT2D eigenvalue weighted by molar-refractivity contribution is 0.423. The Kier molecular flexibility index (Phi) is 3.62. The molecule has 0 radical (unpaired) electrons. The van der Waals surface area contributed by atoms with Crippen LogP contribution in [0.2, 0.25) is 5.02 Å². The van der Waals surface area contributed by atoms with E-state index in [-0.39, 0.29) is 0 Å². The molecule has 21 heavy (non-hydrogen) atoms. The minimum atomic E-state index is 0.490. The fraction of sp³-hybridized carbons (Fsp3) is 0.125. The van der Waals surface area contributed by atoms with Gasteiger partial charge in [-0.3, -0.25) is 0 Å². The Bertz CT molecular complexity index is 765. The van der Waals surface area contributed by atoms with Gasteiger partial charge in [-0.05, 0) is 42.3 Å². The Labute approximate surface area is 127 Å². The molecule has 5 heteroatoms. The van der Waals surface area contributed by atoms with Crippen LogP contribution in [0.5, 0.6) is 0 Å². The monoisotopic (exact) mass is 299 g/mol. The van der Waals surface area contributed by atoms with Gasteiger partial charge in [0, 0.05) is 22.7 Å². The maximum Gasteiger partial charge on any atom is 0.258 e. The lowest BCUT2D eigenvalue weighted by atomic mass is 10.1. The average Bonchev–Trinajstić information content (AvgIpc) is 2.92. The summed E-state index contributed by atoms with van der Waals surface area (Å²) >= 11 is 5.87. The molecule has 2 aromatic carbocycles. The first kappa shape index (κ1) is 13.6. The third kappa shape index (κ3) is 3.06. The standard InChI is InChI=1S/C16H14ClN3O/c1-10-2-7-13(18)9-14(10)16-19-15(20-21-16)8-11-3-5-12(17)6-4-11/h2-7,9H,8,18H2,1H3. The van der Waals surface area contributed by atoms with Gasteiger partial charge in [0.1, 0.15) is 0 Å². The molecule has 3 aromatic rings. The van der Waals surface area contributed by atoms with Gasteiger partial charge < -0.3 is 10.3 Å². The van der Waals surface area contributed by atoms with Crippen LogP contribution in [0.25, 0.3) is 11.5 Å². The molecule has 0 amide bonds. The lowest BCUT2D eigenvalue weighted by Crippen LogP contribution is -1.91. The molecule has 0 aliphatic heterocycles. The van der Waals surface area contributed by atoms with Gasteiger partial charge in [-0.1, -0.05) is 35.0 Å². The fourth-order valence-corrected chi connectivity index (χ4v) is 2.22. The van der Waals surface area contributed by atoms with E-state index in [0.717, 1.165) is 16.7 Å². The number of rotatable bonds is 3. The topological polar surface area (TPSA) is 64.9 Å². The van der Waals surface area contributed by atoms with Crippen molar-refractivity contribution >= 4 is 17.3 Å². The highest BCUT2D eigenvalue weighted by Gasteiger charge is 2.12. The maximum absolute atomic E-state index is 5.87. The highest BCUT2D eigenvalue weighted by molar-refractivity contribution is 6.30. The van der Waals surface area contributed by atoms with Crippen molar-refractivity contribution in [2.24, 2.45) is 0 Å². The predicted molar refractivity (Wildman–Crippen MR) is 83.1 cm³/mol. The van der Waals surface area contributed by atoms with Gasteiger partial charge in [0.05, 0.1) is 0 Å². The molecule has 3 rings (SSSR count). The number of hydrogen-bond donors (Lipinski definition) is 1. The molecule has 106 valence electrons. The molecule has 0 saturated heterocycles. The van der Waals surface area contributed by atoms with Crippen LogP contribution in [0, 0.1) is 6.92 Å². The van der Waals surface area contributed by atoms with Crippen LogP contribution in [0.1, 0.15) is 17.0 Å². The molecule has 0 saturated carbocycles. The van der Waals surface area contributed by atoms with Crippen LogP contribution in [0.15, 0.2) is 47.0 Å². The van der Waals surface area contributed by atoms with Crippen molar-refractivity contribution in [3.63, 3.8) is 0 Å². The number of halogens is 1. The summed E-state index contributed by atoms with van der Waals surface area (Å²) in [5.41, 5.74) is 9.47. The molecule has 1 heterocycles. The van der Waals surface area contributed by atoms with Gasteiger partial charge in [0.15, 0.2) is 5.82 Å². The number of nitrogens with two attached hydrogens (primary N) is 1. The fourth-order valence-electron chi connectivity index (χ4n) is 2.09. The van der Waals surface area contributed by atoms with E-state index in [1.807, 2.05) is 49.4 Å². The van der Waals surface area contributed by atoms with Gasteiger partial charge in [-0.15, -0.1) is 0 Å². The number of hydrogen-bond acceptors (Lipinski definition) is 4. The van der Waals surface area contributed by atoms with Crippen molar-refractivity contribution in [1.29, 1.82) is 0 Å². The van der Waals surface area contributed by atoms with Gasteiger partial charge in [0.2, 0.25) is 0 Å². The van der Waals surface area contributed by atoms with Crippen LogP contribution in [-0.2, 0) is 6.42 Å². The molecule has 2 N–H and O–H groups in total. The van der Waals surface area contributed by atoms with E-state index in [0.29, 0.717) is 28.8 Å². The Hall–Kier alpha value is -2.33. The zero-order chi connectivity index (χ0) is 14.8. The van der Waals surface area contributed by atoms with Crippen LogP contribution in [-0.4, -0.2) is 10.1 Å². The summed E-state index contributed by atoms with van der Waals surface area (Å²) in [6.45, 7) is 1.98. The minimum absolute atomic E-state index is 0.490. The molecular formula is C16H14ClN3O. The number of benzene rings is 2. The third-order valence-electron chi connectivity index (χ3n) is 3.24.